The fourth-order valence-corrected chi connectivity index (χ4v) is 3.85. The van der Waals surface area contributed by atoms with Crippen molar-refractivity contribution in [3.63, 3.8) is 0 Å². The van der Waals surface area contributed by atoms with E-state index in [0.29, 0.717) is 12.1 Å². The molecule has 2 fully saturated rings. The minimum Gasteiger partial charge on any atom is -0.310 e. The third-order valence-corrected chi connectivity index (χ3v) is 4.96. The molecule has 2 aliphatic rings. The molecule has 1 N–H and O–H groups in total. The molecule has 1 aromatic rings. The highest BCUT2D eigenvalue weighted by molar-refractivity contribution is 6.30. The Hall–Kier alpha value is -0.640. The Morgan fingerprint density at radius 3 is 2.85 bits per heavy atom. The Bertz CT molecular complexity index is 472. The summed E-state index contributed by atoms with van der Waals surface area (Å²) < 4.78 is 14.1. The Balaban J connectivity index is 1.74. The van der Waals surface area contributed by atoms with Crippen molar-refractivity contribution in [1.82, 2.24) is 10.2 Å². The molecule has 1 saturated carbocycles. The molecule has 1 aliphatic carbocycles. The number of halogens is 2. The number of hydrogen-bond donors (Lipinski definition) is 1. The molecule has 0 bridgehead atoms. The monoisotopic (exact) mass is 296 g/mol. The Labute approximate surface area is 125 Å². The summed E-state index contributed by atoms with van der Waals surface area (Å²) in [5, 5.41) is 3.97. The molecule has 20 heavy (non-hydrogen) atoms. The van der Waals surface area contributed by atoms with Gasteiger partial charge in [-0.2, -0.15) is 0 Å². The van der Waals surface area contributed by atoms with E-state index >= 15 is 0 Å². The number of nitrogens with one attached hydrogen (secondary N) is 1. The molecule has 1 spiro atoms. The van der Waals surface area contributed by atoms with E-state index in [0.717, 1.165) is 26.1 Å². The third-order valence-electron chi connectivity index (χ3n) is 4.66. The van der Waals surface area contributed by atoms with Crippen LogP contribution < -0.4 is 5.32 Å². The summed E-state index contributed by atoms with van der Waals surface area (Å²) in [5.74, 6) is -0.258. The highest BCUT2D eigenvalue weighted by Crippen LogP contribution is 2.32. The van der Waals surface area contributed by atoms with Crippen molar-refractivity contribution < 1.29 is 4.39 Å². The van der Waals surface area contributed by atoms with Crippen molar-refractivity contribution >= 4 is 11.6 Å². The molecule has 3 rings (SSSR count). The van der Waals surface area contributed by atoms with Gasteiger partial charge in [0.25, 0.3) is 0 Å². The molecule has 110 valence electrons. The standard InChI is InChI=1S/C16H22ClFN2/c17-14-6-3-5-13(15(14)18)11-20-10-4-9-19-16(12-20)7-1-2-8-16/h3,5-6,19H,1-2,4,7-12H2. The Kier molecular flexibility index (Phi) is 4.29. The Morgan fingerprint density at radius 1 is 1.25 bits per heavy atom. The van der Waals surface area contributed by atoms with Crippen molar-refractivity contribution in [2.24, 2.45) is 0 Å². The summed E-state index contributed by atoms with van der Waals surface area (Å²) in [4.78, 5) is 2.39. The summed E-state index contributed by atoms with van der Waals surface area (Å²) in [6, 6.07) is 5.30. The summed E-state index contributed by atoms with van der Waals surface area (Å²) in [7, 11) is 0. The predicted octanol–water partition coefficient (Wildman–Crippen LogP) is 3.59. The molecule has 1 saturated heterocycles. The fourth-order valence-electron chi connectivity index (χ4n) is 3.65. The minimum atomic E-state index is -0.258. The lowest BCUT2D eigenvalue weighted by Crippen LogP contribution is -2.49. The van der Waals surface area contributed by atoms with E-state index in [1.807, 2.05) is 12.1 Å². The van der Waals surface area contributed by atoms with Gasteiger partial charge in [-0.1, -0.05) is 36.6 Å². The number of rotatable bonds is 2. The molecule has 1 heterocycles. The van der Waals surface area contributed by atoms with Crippen LogP contribution in [0.15, 0.2) is 18.2 Å². The van der Waals surface area contributed by atoms with Crippen molar-refractivity contribution in [2.45, 2.75) is 44.2 Å². The highest BCUT2D eigenvalue weighted by Gasteiger charge is 2.36. The first-order chi connectivity index (χ1) is 9.69. The molecular formula is C16H22ClFN2. The summed E-state index contributed by atoms with van der Waals surface area (Å²) >= 11 is 5.88. The lowest BCUT2D eigenvalue weighted by Gasteiger charge is -2.33. The largest absolute Gasteiger partial charge is 0.310 e. The van der Waals surface area contributed by atoms with Gasteiger partial charge in [0.15, 0.2) is 0 Å². The maximum atomic E-state index is 14.1. The summed E-state index contributed by atoms with van der Waals surface area (Å²) in [5.41, 5.74) is 0.985. The first-order valence-electron chi connectivity index (χ1n) is 7.59. The topological polar surface area (TPSA) is 15.3 Å². The first-order valence-corrected chi connectivity index (χ1v) is 7.97. The van der Waals surface area contributed by atoms with E-state index in [-0.39, 0.29) is 16.4 Å². The second-order valence-electron chi connectivity index (χ2n) is 6.19. The van der Waals surface area contributed by atoms with Gasteiger partial charge in [0.05, 0.1) is 5.02 Å². The zero-order chi connectivity index (χ0) is 14.0. The molecule has 0 aromatic heterocycles. The number of nitrogens with zero attached hydrogens (tertiary/aromatic N) is 1. The quantitative estimate of drug-likeness (QED) is 0.897. The van der Waals surface area contributed by atoms with Crippen LogP contribution in [0.2, 0.25) is 5.02 Å². The fraction of sp³-hybridized carbons (Fsp3) is 0.625. The van der Waals surface area contributed by atoms with Gasteiger partial charge in [-0.3, -0.25) is 4.90 Å². The average molecular weight is 297 g/mol. The van der Waals surface area contributed by atoms with E-state index in [9.17, 15) is 4.39 Å². The van der Waals surface area contributed by atoms with Crippen LogP contribution in [-0.2, 0) is 6.54 Å². The van der Waals surface area contributed by atoms with E-state index in [1.54, 1.807) is 6.07 Å². The molecule has 1 aromatic carbocycles. The summed E-state index contributed by atoms with van der Waals surface area (Å²) in [6.45, 7) is 3.80. The van der Waals surface area contributed by atoms with Crippen molar-refractivity contribution in [1.29, 1.82) is 0 Å². The van der Waals surface area contributed by atoms with Crippen molar-refractivity contribution in [3.05, 3.63) is 34.6 Å². The molecule has 0 radical (unpaired) electrons. The second-order valence-corrected chi connectivity index (χ2v) is 6.60. The van der Waals surface area contributed by atoms with E-state index in [1.165, 1.54) is 25.7 Å². The first kappa shape index (κ1) is 14.3. The molecular weight excluding hydrogens is 275 g/mol. The van der Waals surface area contributed by atoms with Crippen LogP contribution in [-0.4, -0.2) is 30.1 Å². The van der Waals surface area contributed by atoms with Crippen molar-refractivity contribution in [2.75, 3.05) is 19.6 Å². The van der Waals surface area contributed by atoms with Gasteiger partial charge < -0.3 is 5.32 Å². The molecule has 1 aliphatic heterocycles. The zero-order valence-electron chi connectivity index (χ0n) is 11.8. The third kappa shape index (κ3) is 3.00. The Morgan fingerprint density at radius 2 is 2.05 bits per heavy atom. The normalized spacial score (nSPS) is 23.1. The predicted molar refractivity (Wildman–Crippen MR) is 80.5 cm³/mol. The SMILES string of the molecule is Fc1c(Cl)cccc1CN1CCCNC2(CCCC2)C1. The van der Waals surface area contributed by atoms with Crippen LogP contribution >= 0.6 is 11.6 Å². The highest BCUT2D eigenvalue weighted by atomic mass is 35.5. The van der Waals surface area contributed by atoms with E-state index < -0.39 is 0 Å². The van der Waals surface area contributed by atoms with Crippen LogP contribution in [0.25, 0.3) is 0 Å². The van der Waals surface area contributed by atoms with Gasteiger partial charge in [0, 0.05) is 24.2 Å². The molecule has 0 amide bonds. The molecule has 0 unspecified atom stereocenters. The van der Waals surface area contributed by atoms with Crippen LogP contribution in [0.3, 0.4) is 0 Å². The second kappa shape index (κ2) is 6.00. The lowest BCUT2D eigenvalue weighted by atomic mass is 9.97. The van der Waals surface area contributed by atoms with Gasteiger partial charge in [-0.15, -0.1) is 0 Å². The van der Waals surface area contributed by atoms with Crippen LogP contribution in [0, 0.1) is 5.82 Å². The average Bonchev–Trinajstić information content (AvgIpc) is 2.78. The maximum Gasteiger partial charge on any atom is 0.146 e. The molecule has 2 nitrogen and oxygen atoms in total. The van der Waals surface area contributed by atoms with Crippen molar-refractivity contribution in [3.8, 4) is 0 Å². The zero-order valence-corrected chi connectivity index (χ0v) is 12.6. The van der Waals surface area contributed by atoms with Gasteiger partial charge >= 0.3 is 0 Å². The van der Waals surface area contributed by atoms with Crippen LogP contribution in [0.5, 0.6) is 0 Å². The number of benzene rings is 1. The number of hydrogen-bond acceptors (Lipinski definition) is 2. The van der Waals surface area contributed by atoms with Gasteiger partial charge in [0.2, 0.25) is 0 Å². The molecule has 0 atom stereocenters. The summed E-state index contributed by atoms with van der Waals surface area (Å²) in [6.07, 6.45) is 6.26. The lowest BCUT2D eigenvalue weighted by molar-refractivity contribution is 0.201. The van der Waals surface area contributed by atoms with E-state index in [2.05, 4.69) is 10.2 Å². The smallest absolute Gasteiger partial charge is 0.146 e. The van der Waals surface area contributed by atoms with E-state index in [4.69, 9.17) is 11.6 Å². The maximum absolute atomic E-state index is 14.1. The van der Waals surface area contributed by atoms with Gasteiger partial charge in [-0.25, -0.2) is 4.39 Å². The minimum absolute atomic E-state index is 0.228. The van der Waals surface area contributed by atoms with Gasteiger partial charge in [0.1, 0.15) is 5.82 Å². The van der Waals surface area contributed by atoms with Crippen LogP contribution in [0.4, 0.5) is 4.39 Å². The molecule has 4 heteroatoms. The van der Waals surface area contributed by atoms with Crippen LogP contribution in [0.1, 0.15) is 37.7 Å². The van der Waals surface area contributed by atoms with Gasteiger partial charge in [-0.05, 0) is 38.4 Å².